The van der Waals surface area contributed by atoms with Gasteiger partial charge in [-0.3, -0.25) is 4.79 Å². The van der Waals surface area contributed by atoms with Crippen LogP contribution in [0.5, 0.6) is 0 Å². The smallest absolute Gasteiger partial charge is 0.399 e. The molecule has 0 bridgehead atoms. The predicted molar refractivity (Wildman–Crippen MR) is 85.5 cm³/mol. The Morgan fingerprint density at radius 1 is 1.15 bits per heavy atom. The molecule has 1 aliphatic rings. The van der Waals surface area contributed by atoms with Crippen molar-refractivity contribution in [3.8, 4) is 0 Å². The summed E-state index contributed by atoms with van der Waals surface area (Å²) in [5, 5.41) is 1.87. The Labute approximate surface area is 148 Å². The van der Waals surface area contributed by atoms with Crippen molar-refractivity contribution in [2.24, 2.45) is 0 Å². The molecule has 144 valence electrons. The van der Waals surface area contributed by atoms with Crippen LogP contribution < -0.4 is 10.8 Å². The van der Waals surface area contributed by atoms with E-state index in [0.717, 1.165) is 12.1 Å². The molecule has 1 heterocycles. The molecule has 0 unspecified atom stereocenters. The number of rotatable bonds is 4. The third-order valence-corrected chi connectivity index (χ3v) is 4.54. The summed E-state index contributed by atoms with van der Waals surface area (Å²) >= 11 is 0. The summed E-state index contributed by atoms with van der Waals surface area (Å²) in [7, 11) is -1.27. The fraction of sp³-hybridized carbons (Fsp3) is 0.562. The third-order valence-electron chi connectivity index (χ3n) is 4.54. The van der Waals surface area contributed by atoms with Crippen molar-refractivity contribution in [2.45, 2.75) is 51.5 Å². The molecule has 1 fully saturated rings. The van der Waals surface area contributed by atoms with Crippen LogP contribution in [-0.2, 0) is 15.5 Å². The highest BCUT2D eigenvalue weighted by Crippen LogP contribution is 2.38. The van der Waals surface area contributed by atoms with Gasteiger partial charge in [-0.1, -0.05) is 6.07 Å². The standard InChI is InChI=1S/C16H19BF5NO3/c1-14(2)15(3,4)26-17(25-14)11-6-5-9(7-10(11)16(20,21)22)13(24)23-8-12(18)19/h5-7,12H,8H2,1-4H3,(H,23,24). The summed E-state index contributed by atoms with van der Waals surface area (Å²) < 4.78 is 76.1. The molecule has 10 heteroatoms. The second kappa shape index (κ2) is 6.81. The van der Waals surface area contributed by atoms with Gasteiger partial charge in [0.2, 0.25) is 0 Å². The van der Waals surface area contributed by atoms with Crippen LogP contribution in [-0.4, -0.2) is 37.2 Å². The van der Waals surface area contributed by atoms with Crippen LogP contribution in [0.15, 0.2) is 18.2 Å². The van der Waals surface area contributed by atoms with Crippen LogP contribution >= 0.6 is 0 Å². The number of halogens is 5. The maximum Gasteiger partial charge on any atom is 0.495 e. The molecule has 0 aromatic heterocycles. The summed E-state index contributed by atoms with van der Waals surface area (Å²) in [6.45, 7) is 5.86. The maximum absolute atomic E-state index is 13.5. The Hall–Kier alpha value is -1.68. The molecule has 0 saturated carbocycles. The van der Waals surface area contributed by atoms with Crippen molar-refractivity contribution in [2.75, 3.05) is 6.54 Å². The molecule has 0 spiro atoms. The highest BCUT2D eigenvalue weighted by atomic mass is 19.4. The number of nitrogens with one attached hydrogen (secondary N) is 1. The Bertz CT molecular complexity index is 675. The molecule has 1 amide bonds. The van der Waals surface area contributed by atoms with E-state index in [1.807, 2.05) is 5.32 Å². The largest absolute Gasteiger partial charge is 0.495 e. The SMILES string of the molecule is CC1(C)OB(c2ccc(C(=O)NCC(F)F)cc2C(F)(F)F)OC1(C)C. The van der Waals surface area contributed by atoms with E-state index in [4.69, 9.17) is 9.31 Å². The lowest BCUT2D eigenvalue weighted by atomic mass is 9.75. The van der Waals surface area contributed by atoms with Gasteiger partial charge in [0.1, 0.15) is 0 Å². The zero-order valence-corrected chi connectivity index (χ0v) is 14.7. The van der Waals surface area contributed by atoms with E-state index in [0.29, 0.717) is 6.07 Å². The van der Waals surface area contributed by atoms with E-state index in [1.54, 1.807) is 27.7 Å². The predicted octanol–water partition coefficient (Wildman–Crippen LogP) is 3.00. The number of carbonyl (C=O) groups is 1. The molecular weight excluding hydrogens is 360 g/mol. The number of hydrogen-bond acceptors (Lipinski definition) is 3. The molecule has 0 atom stereocenters. The average molecular weight is 379 g/mol. The minimum atomic E-state index is -4.78. The van der Waals surface area contributed by atoms with Crippen LogP contribution in [0, 0.1) is 0 Å². The first-order chi connectivity index (χ1) is 11.7. The van der Waals surface area contributed by atoms with Crippen molar-refractivity contribution in [1.29, 1.82) is 0 Å². The first-order valence-corrected chi connectivity index (χ1v) is 7.88. The zero-order chi connectivity index (χ0) is 19.9. The fourth-order valence-electron chi connectivity index (χ4n) is 2.39. The van der Waals surface area contributed by atoms with Gasteiger partial charge in [0, 0.05) is 5.56 Å². The normalized spacial score (nSPS) is 19.1. The van der Waals surface area contributed by atoms with Gasteiger partial charge in [-0.15, -0.1) is 0 Å². The highest BCUT2D eigenvalue weighted by Gasteiger charge is 2.53. The summed E-state index contributed by atoms with van der Waals surface area (Å²) in [4.78, 5) is 11.8. The molecule has 0 aliphatic carbocycles. The highest BCUT2D eigenvalue weighted by molar-refractivity contribution is 6.62. The molecular formula is C16H19BF5NO3. The van der Waals surface area contributed by atoms with Gasteiger partial charge in [-0.2, -0.15) is 13.2 Å². The molecule has 1 N–H and O–H groups in total. The quantitative estimate of drug-likeness (QED) is 0.647. The second-order valence-electron chi connectivity index (χ2n) is 6.99. The molecule has 0 radical (unpaired) electrons. The maximum atomic E-state index is 13.5. The first kappa shape index (κ1) is 20.6. The number of alkyl halides is 5. The van der Waals surface area contributed by atoms with Gasteiger partial charge in [0.05, 0.1) is 23.3 Å². The molecule has 26 heavy (non-hydrogen) atoms. The Kier molecular flexibility index (Phi) is 5.40. The minimum Gasteiger partial charge on any atom is -0.399 e. The van der Waals surface area contributed by atoms with Crippen molar-refractivity contribution < 1.29 is 36.1 Å². The summed E-state index contributed by atoms with van der Waals surface area (Å²) in [6.07, 6.45) is -7.58. The fourth-order valence-corrected chi connectivity index (χ4v) is 2.39. The molecule has 1 aliphatic heterocycles. The average Bonchev–Trinajstić information content (AvgIpc) is 2.71. The number of amides is 1. The Morgan fingerprint density at radius 2 is 1.69 bits per heavy atom. The van der Waals surface area contributed by atoms with E-state index < -0.39 is 48.9 Å². The van der Waals surface area contributed by atoms with Gasteiger partial charge in [0.25, 0.3) is 12.3 Å². The van der Waals surface area contributed by atoms with Gasteiger partial charge in [-0.25, -0.2) is 8.78 Å². The van der Waals surface area contributed by atoms with Crippen molar-refractivity contribution in [1.82, 2.24) is 5.32 Å². The Balaban J connectivity index is 2.38. The molecule has 1 aromatic carbocycles. The van der Waals surface area contributed by atoms with E-state index in [-0.39, 0.29) is 11.0 Å². The molecule has 4 nitrogen and oxygen atoms in total. The monoisotopic (exact) mass is 379 g/mol. The zero-order valence-electron chi connectivity index (χ0n) is 14.7. The summed E-state index contributed by atoms with van der Waals surface area (Å²) in [5.41, 5.74) is -3.44. The van der Waals surface area contributed by atoms with Gasteiger partial charge < -0.3 is 14.6 Å². The van der Waals surface area contributed by atoms with Gasteiger partial charge in [0.15, 0.2) is 0 Å². The topological polar surface area (TPSA) is 47.6 Å². The summed E-state index contributed by atoms with van der Waals surface area (Å²) in [5.74, 6) is -1.02. The molecule has 2 rings (SSSR count). The molecule has 1 aromatic rings. The van der Waals surface area contributed by atoms with Crippen molar-refractivity contribution in [3.05, 3.63) is 29.3 Å². The van der Waals surface area contributed by atoms with Crippen LogP contribution in [0.4, 0.5) is 22.0 Å². The lowest BCUT2D eigenvalue weighted by Gasteiger charge is -2.32. The van der Waals surface area contributed by atoms with E-state index in [2.05, 4.69) is 0 Å². The van der Waals surface area contributed by atoms with Crippen LogP contribution in [0.3, 0.4) is 0 Å². The van der Waals surface area contributed by atoms with E-state index in [9.17, 15) is 26.7 Å². The number of benzene rings is 1. The first-order valence-electron chi connectivity index (χ1n) is 7.88. The van der Waals surface area contributed by atoms with E-state index >= 15 is 0 Å². The summed E-state index contributed by atoms with van der Waals surface area (Å²) in [6, 6.07) is 2.81. The number of hydrogen-bond donors (Lipinski definition) is 1. The Morgan fingerprint density at radius 3 is 2.15 bits per heavy atom. The number of carbonyl (C=O) groups excluding carboxylic acids is 1. The second-order valence-corrected chi connectivity index (χ2v) is 6.99. The third kappa shape index (κ3) is 4.17. The molecule has 1 saturated heterocycles. The van der Waals surface area contributed by atoms with Crippen LogP contribution in [0.1, 0.15) is 43.6 Å². The van der Waals surface area contributed by atoms with Crippen LogP contribution in [0.2, 0.25) is 0 Å². The van der Waals surface area contributed by atoms with Gasteiger partial charge >= 0.3 is 13.3 Å². The van der Waals surface area contributed by atoms with E-state index in [1.165, 1.54) is 0 Å². The van der Waals surface area contributed by atoms with Crippen LogP contribution in [0.25, 0.3) is 0 Å². The van der Waals surface area contributed by atoms with Crippen molar-refractivity contribution >= 4 is 18.5 Å². The van der Waals surface area contributed by atoms with Crippen molar-refractivity contribution in [3.63, 3.8) is 0 Å². The lowest BCUT2D eigenvalue weighted by molar-refractivity contribution is -0.136. The van der Waals surface area contributed by atoms with Gasteiger partial charge in [-0.05, 0) is 45.3 Å². The minimum absolute atomic E-state index is 0.276. The lowest BCUT2D eigenvalue weighted by Crippen LogP contribution is -2.41.